The third-order valence-corrected chi connectivity index (χ3v) is 4.21. The molecule has 0 fully saturated rings. The van der Waals surface area contributed by atoms with Crippen molar-refractivity contribution in [1.82, 2.24) is 4.72 Å². The number of benzene rings is 1. The summed E-state index contributed by atoms with van der Waals surface area (Å²) >= 11 is 0. The fourth-order valence-electron chi connectivity index (χ4n) is 1.49. The van der Waals surface area contributed by atoms with Gasteiger partial charge in [0.1, 0.15) is 0 Å². The summed E-state index contributed by atoms with van der Waals surface area (Å²) in [5.41, 5.74) is 7.64. The lowest BCUT2D eigenvalue weighted by molar-refractivity contribution is 0.575. The van der Waals surface area contributed by atoms with E-state index in [1.54, 1.807) is 26.0 Å². The lowest BCUT2D eigenvalue weighted by Crippen LogP contribution is -2.31. The molecule has 0 spiro atoms. The van der Waals surface area contributed by atoms with Gasteiger partial charge in [-0.2, -0.15) is 0 Å². The van der Waals surface area contributed by atoms with Crippen molar-refractivity contribution in [2.75, 3.05) is 5.73 Å². The second kappa shape index (κ2) is 4.89. The first-order valence-corrected chi connectivity index (χ1v) is 6.78. The van der Waals surface area contributed by atoms with Crippen molar-refractivity contribution < 1.29 is 8.42 Å². The molecule has 0 saturated carbocycles. The van der Waals surface area contributed by atoms with Crippen LogP contribution in [0.4, 0.5) is 5.69 Å². The van der Waals surface area contributed by atoms with E-state index in [0.29, 0.717) is 11.3 Å². The van der Waals surface area contributed by atoms with E-state index in [1.807, 2.05) is 6.92 Å². The van der Waals surface area contributed by atoms with E-state index in [1.165, 1.54) is 6.08 Å². The molecule has 17 heavy (non-hydrogen) atoms. The molecule has 1 atom stereocenters. The highest BCUT2D eigenvalue weighted by Crippen LogP contribution is 2.23. The van der Waals surface area contributed by atoms with Crippen LogP contribution in [0.3, 0.4) is 0 Å². The number of anilines is 1. The molecule has 1 rings (SSSR count). The summed E-state index contributed by atoms with van der Waals surface area (Å²) in [6.45, 7) is 8.77. The van der Waals surface area contributed by atoms with E-state index < -0.39 is 10.0 Å². The van der Waals surface area contributed by atoms with E-state index in [9.17, 15) is 8.42 Å². The van der Waals surface area contributed by atoms with Crippen molar-refractivity contribution >= 4 is 15.7 Å². The van der Waals surface area contributed by atoms with Gasteiger partial charge in [-0.15, -0.1) is 6.58 Å². The Bertz CT molecular complexity index is 536. The minimum Gasteiger partial charge on any atom is -0.398 e. The molecule has 0 aliphatic carbocycles. The maximum absolute atomic E-state index is 12.1. The van der Waals surface area contributed by atoms with Gasteiger partial charge < -0.3 is 5.73 Å². The Morgan fingerprint density at radius 2 is 2.00 bits per heavy atom. The van der Waals surface area contributed by atoms with Crippen molar-refractivity contribution in [3.05, 3.63) is 35.9 Å². The van der Waals surface area contributed by atoms with E-state index in [2.05, 4.69) is 11.3 Å². The Kier molecular flexibility index (Phi) is 3.95. The molecule has 1 aromatic carbocycles. The number of nitrogens with two attached hydrogens (primary N) is 1. The summed E-state index contributed by atoms with van der Waals surface area (Å²) in [6, 6.07) is 3.05. The number of hydrogen-bond donors (Lipinski definition) is 2. The molecule has 1 unspecified atom stereocenters. The molecule has 0 aromatic heterocycles. The molecular weight excluding hydrogens is 236 g/mol. The van der Waals surface area contributed by atoms with Gasteiger partial charge in [0.25, 0.3) is 0 Å². The van der Waals surface area contributed by atoms with Crippen molar-refractivity contribution in [1.29, 1.82) is 0 Å². The summed E-state index contributed by atoms with van der Waals surface area (Å²) in [7, 11) is -3.55. The molecule has 5 heteroatoms. The standard InChI is InChI=1S/C12H18N2O2S/c1-5-9(3)14-17(15,16)12-7-8(2)6-11(13)10(12)4/h5-7,9,14H,1,13H2,2-4H3. The predicted molar refractivity (Wildman–Crippen MR) is 70.3 cm³/mol. The van der Waals surface area contributed by atoms with Crippen molar-refractivity contribution in [3.63, 3.8) is 0 Å². The summed E-state index contributed by atoms with van der Waals surface area (Å²) in [6.07, 6.45) is 1.53. The smallest absolute Gasteiger partial charge is 0.241 e. The Morgan fingerprint density at radius 3 is 2.53 bits per heavy atom. The second-order valence-electron chi connectivity index (χ2n) is 4.12. The third-order valence-electron chi connectivity index (χ3n) is 2.53. The predicted octanol–water partition coefficient (Wildman–Crippen LogP) is 1.74. The van der Waals surface area contributed by atoms with Crippen LogP contribution < -0.4 is 10.5 Å². The zero-order valence-corrected chi connectivity index (χ0v) is 11.1. The van der Waals surface area contributed by atoms with Crippen LogP contribution in [0.2, 0.25) is 0 Å². The van der Waals surface area contributed by atoms with E-state index in [4.69, 9.17) is 5.73 Å². The molecule has 0 aliphatic heterocycles. The van der Waals surface area contributed by atoms with Gasteiger partial charge in [-0.05, 0) is 44.0 Å². The highest BCUT2D eigenvalue weighted by molar-refractivity contribution is 7.89. The van der Waals surface area contributed by atoms with Gasteiger partial charge in [-0.3, -0.25) is 0 Å². The van der Waals surface area contributed by atoms with Crippen LogP contribution in [0.1, 0.15) is 18.1 Å². The molecule has 3 N–H and O–H groups in total. The number of rotatable bonds is 4. The van der Waals surface area contributed by atoms with Crippen LogP contribution in [0, 0.1) is 13.8 Å². The third kappa shape index (κ3) is 3.08. The fourth-order valence-corrected chi connectivity index (χ4v) is 3.06. The largest absolute Gasteiger partial charge is 0.398 e. The molecule has 0 saturated heterocycles. The number of aryl methyl sites for hydroxylation is 1. The quantitative estimate of drug-likeness (QED) is 0.635. The number of hydrogen-bond acceptors (Lipinski definition) is 3. The molecule has 0 heterocycles. The summed E-state index contributed by atoms with van der Waals surface area (Å²) in [5.74, 6) is 0. The molecule has 0 radical (unpaired) electrons. The van der Waals surface area contributed by atoms with Gasteiger partial charge in [-0.25, -0.2) is 13.1 Å². The van der Waals surface area contributed by atoms with Crippen LogP contribution >= 0.6 is 0 Å². The summed E-state index contributed by atoms with van der Waals surface area (Å²) in [5, 5.41) is 0. The lowest BCUT2D eigenvalue weighted by Gasteiger charge is -2.14. The Balaban J connectivity index is 3.29. The zero-order valence-electron chi connectivity index (χ0n) is 10.3. The Morgan fingerprint density at radius 1 is 1.41 bits per heavy atom. The van der Waals surface area contributed by atoms with Gasteiger partial charge >= 0.3 is 0 Å². The van der Waals surface area contributed by atoms with Crippen molar-refractivity contribution in [3.8, 4) is 0 Å². The van der Waals surface area contributed by atoms with Crippen molar-refractivity contribution in [2.24, 2.45) is 0 Å². The molecular formula is C12H18N2O2S. The molecule has 94 valence electrons. The van der Waals surface area contributed by atoms with E-state index in [-0.39, 0.29) is 10.9 Å². The van der Waals surface area contributed by atoms with Crippen LogP contribution in [0.5, 0.6) is 0 Å². The van der Waals surface area contributed by atoms with Crippen LogP contribution in [0.25, 0.3) is 0 Å². The minimum atomic E-state index is -3.55. The average Bonchev–Trinajstić information content (AvgIpc) is 2.22. The minimum absolute atomic E-state index is 0.226. The topological polar surface area (TPSA) is 72.2 Å². The summed E-state index contributed by atoms with van der Waals surface area (Å²) in [4.78, 5) is 0.226. The van der Waals surface area contributed by atoms with Gasteiger partial charge in [0.15, 0.2) is 0 Å². The average molecular weight is 254 g/mol. The molecule has 0 aliphatic rings. The van der Waals surface area contributed by atoms with Crippen molar-refractivity contribution in [2.45, 2.75) is 31.7 Å². The maximum atomic E-state index is 12.1. The first kappa shape index (κ1) is 13.7. The first-order chi connectivity index (χ1) is 7.77. The molecule has 4 nitrogen and oxygen atoms in total. The highest BCUT2D eigenvalue weighted by Gasteiger charge is 2.19. The highest BCUT2D eigenvalue weighted by atomic mass is 32.2. The molecule has 0 amide bonds. The number of sulfonamides is 1. The van der Waals surface area contributed by atoms with Gasteiger partial charge in [0.05, 0.1) is 4.90 Å². The van der Waals surface area contributed by atoms with Crippen LogP contribution in [-0.2, 0) is 10.0 Å². The van der Waals surface area contributed by atoms with Gasteiger partial charge in [-0.1, -0.05) is 6.08 Å². The van der Waals surface area contributed by atoms with Crippen LogP contribution in [0.15, 0.2) is 29.7 Å². The van der Waals surface area contributed by atoms with Gasteiger partial charge in [0.2, 0.25) is 10.0 Å². The number of nitrogen functional groups attached to an aromatic ring is 1. The normalized spacial score (nSPS) is 13.4. The zero-order chi connectivity index (χ0) is 13.2. The fraction of sp³-hybridized carbons (Fsp3) is 0.333. The van der Waals surface area contributed by atoms with E-state index >= 15 is 0 Å². The second-order valence-corrected chi connectivity index (χ2v) is 5.81. The monoisotopic (exact) mass is 254 g/mol. The lowest BCUT2D eigenvalue weighted by atomic mass is 10.1. The summed E-state index contributed by atoms with van der Waals surface area (Å²) < 4.78 is 26.7. The maximum Gasteiger partial charge on any atom is 0.241 e. The molecule has 1 aromatic rings. The van der Waals surface area contributed by atoms with Crippen LogP contribution in [-0.4, -0.2) is 14.5 Å². The van der Waals surface area contributed by atoms with E-state index in [0.717, 1.165) is 5.56 Å². The van der Waals surface area contributed by atoms with Gasteiger partial charge in [0, 0.05) is 11.7 Å². The first-order valence-electron chi connectivity index (χ1n) is 5.29. The SMILES string of the molecule is C=CC(C)NS(=O)(=O)c1cc(C)cc(N)c1C. The Labute approximate surface area is 103 Å². The molecule has 0 bridgehead atoms. The Hall–Kier alpha value is -1.33. The number of nitrogens with one attached hydrogen (secondary N) is 1.